The van der Waals surface area contributed by atoms with E-state index in [-0.39, 0.29) is 18.6 Å². The third-order valence-electron chi connectivity index (χ3n) is 5.47. The van der Waals surface area contributed by atoms with Crippen molar-refractivity contribution in [3.05, 3.63) is 76.3 Å². The third kappa shape index (κ3) is 3.93. The molecule has 0 spiro atoms. The summed E-state index contributed by atoms with van der Waals surface area (Å²) in [6.45, 7) is 0. The molecule has 32 heavy (non-hydrogen) atoms. The lowest BCUT2D eigenvalue weighted by atomic mass is 10.0. The van der Waals surface area contributed by atoms with Crippen molar-refractivity contribution in [2.24, 2.45) is 10.9 Å². The summed E-state index contributed by atoms with van der Waals surface area (Å²) < 4.78 is 31.4. The van der Waals surface area contributed by atoms with Gasteiger partial charge >= 0.3 is 0 Å². The Labute approximate surface area is 186 Å². The van der Waals surface area contributed by atoms with Crippen LogP contribution in [-0.2, 0) is 17.6 Å². The lowest BCUT2D eigenvalue weighted by Gasteiger charge is -2.08. The number of carbonyl (C=O) groups excluding carboxylic acids is 2. The molecule has 1 aliphatic carbocycles. The van der Waals surface area contributed by atoms with Gasteiger partial charge in [-0.05, 0) is 42.0 Å². The highest BCUT2D eigenvalue weighted by atomic mass is 35.5. The molecule has 1 aliphatic heterocycles. The second-order valence-electron chi connectivity index (χ2n) is 7.85. The van der Waals surface area contributed by atoms with Gasteiger partial charge in [0.25, 0.3) is 11.8 Å². The number of amides is 1. The summed E-state index contributed by atoms with van der Waals surface area (Å²) in [4.78, 5) is 33.1. The number of hydrogen-bond donors (Lipinski definition) is 1. The maximum atomic E-state index is 13.1. The predicted octanol–water partition coefficient (Wildman–Crippen LogP) is 5.02. The number of fused-ring (bicyclic) bond motifs is 1. The van der Waals surface area contributed by atoms with Crippen LogP contribution in [0.3, 0.4) is 0 Å². The highest BCUT2D eigenvalue weighted by Crippen LogP contribution is 2.49. The van der Waals surface area contributed by atoms with E-state index in [0.29, 0.717) is 39.8 Å². The van der Waals surface area contributed by atoms with Crippen LogP contribution in [-0.4, -0.2) is 28.3 Å². The average molecular weight is 456 g/mol. The Bertz CT molecular complexity index is 1270. The van der Waals surface area contributed by atoms with Crippen molar-refractivity contribution in [2.45, 2.75) is 25.2 Å². The zero-order chi connectivity index (χ0) is 22.5. The minimum Gasteiger partial charge on any atom is -0.459 e. The van der Waals surface area contributed by atoms with Gasteiger partial charge in [0.15, 0.2) is 11.6 Å². The van der Waals surface area contributed by atoms with Crippen molar-refractivity contribution in [2.75, 3.05) is 5.32 Å². The monoisotopic (exact) mass is 455 g/mol. The van der Waals surface area contributed by atoms with Gasteiger partial charge in [0.1, 0.15) is 5.78 Å². The van der Waals surface area contributed by atoms with E-state index in [1.165, 1.54) is 12.5 Å². The fourth-order valence-electron chi connectivity index (χ4n) is 3.69. The lowest BCUT2D eigenvalue weighted by Crippen LogP contribution is -2.12. The number of ketones is 1. The number of pyridine rings is 1. The van der Waals surface area contributed by atoms with Crippen LogP contribution < -0.4 is 5.32 Å². The minimum atomic E-state index is -2.87. The number of hydrogen-bond acceptors (Lipinski definition) is 5. The van der Waals surface area contributed by atoms with Gasteiger partial charge in [-0.3, -0.25) is 9.59 Å². The minimum absolute atomic E-state index is 0.0785. The van der Waals surface area contributed by atoms with E-state index in [4.69, 9.17) is 16.0 Å². The van der Waals surface area contributed by atoms with Crippen LogP contribution in [0.4, 0.5) is 20.3 Å². The molecule has 2 aliphatic rings. The molecule has 1 atom stereocenters. The molecule has 2 aromatic heterocycles. The van der Waals surface area contributed by atoms with Gasteiger partial charge in [0.2, 0.25) is 0 Å². The topological polar surface area (TPSA) is 84.6 Å². The van der Waals surface area contributed by atoms with E-state index >= 15 is 0 Å². The van der Waals surface area contributed by atoms with Crippen molar-refractivity contribution in [3.63, 3.8) is 0 Å². The van der Waals surface area contributed by atoms with Gasteiger partial charge in [-0.25, -0.2) is 18.8 Å². The second kappa shape index (κ2) is 7.63. The quantitative estimate of drug-likeness (QED) is 0.565. The zero-order valence-corrected chi connectivity index (χ0v) is 17.3. The molecule has 9 heteroatoms. The number of alkyl halides is 2. The molecule has 1 saturated carbocycles. The Hall–Kier alpha value is -3.39. The first-order valence-corrected chi connectivity index (χ1v) is 10.3. The van der Waals surface area contributed by atoms with Crippen LogP contribution in [0.25, 0.3) is 0 Å². The summed E-state index contributed by atoms with van der Waals surface area (Å²) in [5.41, 5.74) is 3.18. The Kier molecular flexibility index (Phi) is 4.89. The SMILES string of the molecule is O=C(Nc1ccc(Cl)c(C2=Nc3ncc(CC(=O)C4CC4(F)F)cc3C2)c1)c1ccco1. The molecule has 1 unspecified atom stereocenters. The fraction of sp³-hybridized carbons (Fsp3) is 0.217. The Morgan fingerprint density at radius 1 is 1.25 bits per heavy atom. The second-order valence-corrected chi connectivity index (χ2v) is 8.26. The fourth-order valence-corrected chi connectivity index (χ4v) is 3.92. The summed E-state index contributed by atoms with van der Waals surface area (Å²) in [5, 5.41) is 3.21. The largest absolute Gasteiger partial charge is 0.459 e. The van der Waals surface area contributed by atoms with Crippen LogP contribution in [0, 0.1) is 5.92 Å². The number of anilines is 1. The van der Waals surface area contributed by atoms with Crippen molar-refractivity contribution >= 4 is 40.5 Å². The molecular weight excluding hydrogens is 440 g/mol. The van der Waals surface area contributed by atoms with Gasteiger partial charge in [-0.1, -0.05) is 11.6 Å². The van der Waals surface area contributed by atoms with E-state index in [2.05, 4.69) is 15.3 Å². The molecule has 1 aromatic carbocycles. The number of nitrogens with zero attached hydrogens (tertiary/aromatic N) is 2. The normalized spacial score (nSPS) is 18.1. The van der Waals surface area contributed by atoms with Gasteiger partial charge in [-0.15, -0.1) is 0 Å². The van der Waals surface area contributed by atoms with E-state index in [9.17, 15) is 18.4 Å². The molecule has 1 N–H and O–H groups in total. The number of furan rings is 1. The summed E-state index contributed by atoms with van der Waals surface area (Å²) in [6.07, 6.45) is 2.87. The Morgan fingerprint density at radius 2 is 2.06 bits per heavy atom. The molecule has 162 valence electrons. The van der Waals surface area contributed by atoms with Crippen LogP contribution in [0.2, 0.25) is 5.02 Å². The van der Waals surface area contributed by atoms with E-state index in [1.54, 1.807) is 36.4 Å². The highest BCUT2D eigenvalue weighted by molar-refractivity contribution is 6.34. The van der Waals surface area contributed by atoms with Crippen LogP contribution in [0.1, 0.15) is 33.7 Å². The van der Waals surface area contributed by atoms with E-state index in [1.807, 2.05) is 0 Å². The third-order valence-corrected chi connectivity index (χ3v) is 5.80. The number of carbonyl (C=O) groups is 2. The molecule has 3 heterocycles. The molecule has 0 radical (unpaired) electrons. The van der Waals surface area contributed by atoms with E-state index in [0.717, 1.165) is 5.56 Å². The molecule has 0 saturated heterocycles. The van der Waals surface area contributed by atoms with Gasteiger partial charge in [-0.2, -0.15) is 0 Å². The molecule has 6 nitrogen and oxygen atoms in total. The zero-order valence-electron chi connectivity index (χ0n) is 16.6. The molecule has 3 aromatic rings. The van der Waals surface area contributed by atoms with Gasteiger partial charge < -0.3 is 9.73 Å². The average Bonchev–Trinajstić information content (AvgIpc) is 3.15. The summed E-state index contributed by atoms with van der Waals surface area (Å²) in [5.74, 6) is -4.24. The molecule has 1 fully saturated rings. The summed E-state index contributed by atoms with van der Waals surface area (Å²) in [7, 11) is 0. The number of nitrogens with one attached hydrogen (secondary N) is 1. The Balaban J connectivity index is 1.32. The Morgan fingerprint density at radius 3 is 2.78 bits per heavy atom. The summed E-state index contributed by atoms with van der Waals surface area (Å²) >= 11 is 6.38. The lowest BCUT2D eigenvalue weighted by molar-refractivity contribution is -0.121. The number of Topliss-reactive ketones (excluding diaryl/α,β-unsaturated/α-hetero) is 1. The highest BCUT2D eigenvalue weighted by Gasteiger charge is 2.60. The van der Waals surface area contributed by atoms with Gasteiger partial charge in [0.05, 0.1) is 17.9 Å². The van der Waals surface area contributed by atoms with Crippen LogP contribution in [0.15, 0.2) is 58.3 Å². The van der Waals surface area contributed by atoms with Crippen LogP contribution in [0.5, 0.6) is 0 Å². The van der Waals surface area contributed by atoms with Crippen molar-refractivity contribution in [1.29, 1.82) is 0 Å². The van der Waals surface area contributed by atoms with Gasteiger partial charge in [0, 0.05) is 47.3 Å². The first-order chi connectivity index (χ1) is 15.3. The number of rotatable bonds is 6. The molecule has 1 amide bonds. The van der Waals surface area contributed by atoms with Crippen molar-refractivity contribution in [1.82, 2.24) is 4.98 Å². The number of benzene rings is 1. The predicted molar refractivity (Wildman–Crippen MR) is 114 cm³/mol. The maximum absolute atomic E-state index is 13.1. The molecule has 0 bridgehead atoms. The first kappa shape index (κ1) is 20.5. The summed E-state index contributed by atoms with van der Waals surface area (Å²) in [6, 6.07) is 10.00. The number of halogens is 3. The van der Waals surface area contributed by atoms with Crippen molar-refractivity contribution in [3.8, 4) is 0 Å². The van der Waals surface area contributed by atoms with Crippen LogP contribution >= 0.6 is 11.6 Å². The smallest absolute Gasteiger partial charge is 0.291 e. The number of aromatic nitrogens is 1. The molecule has 5 rings (SSSR count). The number of aliphatic imine (C=N–C) groups is 1. The first-order valence-electron chi connectivity index (χ1n) is 9.91. The van der Waals surface area contributed by atoms with Crippen molar-refractivity contribution < 1.29 is 22.8 Å². The van der Waals surface area contributed by atoms with E-state index < -0.39 is 23.5 Å². The standard InChI is InChI=1S/C23H16ClF2N3O3/c24-17-4-3-14(28-22(31)20-2-1-5-32-20)9-15(17)18-8-13-6-12(11-27-21(13)29-18)7-19(30)16-10-23(16,25)26/h1-6,9,11,16H,7-8,10H2,(H,28,31). The molecular formula is C23H16ClF2N3O3. The maximum Gasteiger partial charge on any atom is 0.291 e.